The van der Waals surface area contributed by atoms with Gasteiger partial charge in [-0.2, -0.15) is 4.31 Å². The average Bonchev–Trinajstić information content (AvgIpc) is 2.42. The van der Waals surface area contributed by atoms with Crippen LogP contribution in [0, 0.1) is 0 Å². The lowest BCUT2D eigenvalue weighted by molar-refractivity contribution is 0.354. The Hall–Kier alpha value is -0.850. The van der Waals surface area contributed by atoms with Gasteiger partial charge in [0.15, 0.2) is 0 Å². The van der Waals surface area contributed by atoms with Crippen molar-refractivity contribution in [2.45, 2.75) is 51.5 Å². The van der Waals surface area contributed by atoms with E-state index in [4.69, 9.17) is 11.6 Å². The van der Waals surface area contributed by atoms with Gasteiger partial charge in [-0.25, -0.2) is 13.4 Å². The molecule has 0 aliphatic rings. The molecule has 5 nitrogen and oxygen atoms in total. The third-order valence-electron chi connectivity index (χ3n) is 2.99. The van der Waals surface area contributed by atoms with Gasteiger partial charge >= 0.3 is 0 Å². The van der Waals surface area contributed by atoms with E-state index >= 15 is 0 Å². The van der Waals surface area contributed by atoms with Crippen molar-refractivity contribution in [2.24, 2.45) is 0 Å². The number of rotatable bonds is 8. The van der Waals surface area contributed by atoms with Crippen LogP contribution in [0.1, 0.15) is 40.5 Å². The van der Waals surface area contributed by atoms with Gasteiger partial charge in [-0.3, -0.25) is 0 Å². The maximum atomic E-state index is 12.6. The second-order valence-corrected chi connectivity index (χ2v) is 7.44. The zero-order chi connectivity index (χ0) is 16.0. The Labute approximate surface area is 132 Å². The summed E-state index contributed by atoms with van der Waals surface area (Å²) in [6.07, 6.45) is 3.06. The molecule has 0 aliphatic heterocycles. The average molecular weight is 334 g/mol. The highest BCUT2D eigenvalue weighted by Gasteiger charge is 2.27. The van der Waals surface area contributed by atoms with E-state index in [0.717, 1.165) is 19.4 Å². The molecule has 21 heavy (non-hydrogen) atoms. The number of halogens is 1. The first-order valence-electron chi connectivity index (χ1n) is 7.25. The number of anilines is 1. The van der Waals surface area contributed by atoms with Crippen LogP contribution in [-0.2, 0) is 10.0 Å². The van der Waals surface area contributed by atoms with Crippen molar-refractivity contribution in [3.05, 3.63) is 17.3 Å². The Morgan fingerprint density at radius 2 is 2.00 bits per heavy atom. The van der Waals surface area contributed by atoms with Gasteiger partial charge in [-0.1, -0.05) is 25.4 Å². The largest absolute Gasteiger partial charge is 0.369 e. The lowest BCUT2D eigenvalue weighted by atomic mass is 10.4. The Morgan fingerprint density at radius 1 is 1.33 bits per heavy atom. The standard InChI is InChI=1S/C14H24ClN3O2S/c1-5-7-16-14-13(15)9-12(10-17-14)21(19,20)18(8-6-2)11(3)4/h9-11H,5-8H2,1-4H3,(H,16,17). The smallest absolute Gasteiger partial charge is 0.244 e. The highest BCUT2D eigenvalue weighted by atomic mass is 35.5. The van der Waals surface area contributed by atoms with Crippen molar-refractivity contribution in [3.8, 4) is 0 Å². The van der Waals surface area contributed by atoms with Gasteiger partial charge in [0.25, 0.3) is 0 Å². The van der Waals surface area contributed by atoms with E-state index in [1.807, 2.05) is 27.7 Å². The monoisotopic (exact) mass is 333 g/mol. The first-order valence-corrected chi connectivity index (χ1v) is 9.07. The number of pyridine rings is 1. The molecule has 0 aromatic carbocycles. The van der Waals surface area contributed by atoms with E-state index in [1.165, 1.54) is 16.6 Å². The lowest BCUT2D eigenvalue weighted by Crippen LogP contribution is -2.37. The van der Waals surface area contributed by atoms with Crippen LogP contribution in [0.3, 0.4) is 0 Å². The summed E-state index contributed by atoms with van der Waals surface area (Å²) in [6.45, 7) is 8.93. The van der Waals surface area contributed by atoms with E-state index in [9.17, 15) is 8.42 Å². The fourth-order valence-electron chi connectivity index (χ4n) is 1.95. The molecule has 0 amide bonds. The van der Waals surface area contributed by atoms with Crippen LogP contribution in [0.5, 0.6) is 0 Å². The van der Waals surface area contributed by atoms with E-state index in [1.54, 1.807) is 0 Å². The summed E-state index contributed by atoms with van der Waals surface area (Å²) in [7, 11) is -3.56. The summed E-state index contributed by atoms with van der Waals surface area (Å²) in [5, 5.41) is 3.39. The Kier molecular flexibility index (Phi) is 6.90. The molecule has 0 spiro atoms. The SMILES string of the molecule is CCCNc1ncc(S(=O)(=O)N(CCC)C(C)C)cc1Cl. The van der Waals surface area contributed by atoms with Crippen molar-refractivity contribution in [2.75, 3.05) is 18.4 Å². The fourth-order valence-corrected chi connectivity index (χ4v) is 3.95. The van der Waals surface area contributed by atoms with Gasteiger partial charge in [0, 0.05) is 25.3 Å². The molecule has 0 saturated carbocycles. The second kappa shape index (κ2) is 7.96. The summed E-state index contributed by atoms with van der Waals surface area (Å²) < 4.78 is 26.8. The Balaban J connectivity index is 3.11. The molecular formula is C14H24ClN3O2S. The molecule has 0 radical (unpaired) electrons. The normalized spacial score (nSPS) is 12.1. The number of hydrogen-bond donors (Lipinski definition) is 1. The first kappa shape index (κ1) is 18.2. The van der Waals surface area contributed by atoms with Gasteiger partial charge in [0.1, 0.15) is 10.7 Å². The quantitative estimate of drug-likeness (QED) is 0.792. The van der Waals surface area contributed by atoms with Crippen LogP contribution >= 0.6 is 11.6 Å². The molecule has 1 rings (SSSR count). The predicted octanol–water partition coefficient (Wildman–Crippen LogP) is 3.37. The van der Waals surface area contributed by atoms with Gasteiger partial charge in [-0.05, 0) is 32.8 Å². The molecule has 1 aromatic rings. The molecule has 0 saturated heterocycles. The van der Waals surface area contributed by atoms with Gasteiger partial charge in [0.2, 0.25) is 10.0 Å². The molecular weight excluding hydrogens is 310 g/mol. The van der Waals surface area contributed by atoms with Crippen molar-refractivity contribution >= 4 is 27.4 Å². The third kappa shape index (κ3) is 4.56. The highest BCUT2D eigenvalue weighted by molar-refractivity contribution is 7.89. The minimum absolute atomic E-state index is 0.105. The topological polar surface area (TPSA) is 62.3 Å². The zero-order valence-electron chi connectivity index (χ0n) is 13.1. The highest BCUT2D eigenvalue weighted by Crippen LogP contribution is 2.25. The molecule has 0 fully saturated rings. The molecule has 1 N–H and O–H groups in total. The van der Waals surface area contributed by atoms with Crippen LogP contribution in [0.15, 0.2) is 17.2 Å². The van der Waals surface area contributed by atoms with Gasteiger partial charge < -0.3 is 5.32 Å². The first-order chi connectivity index (χ1) is 9.84. The fraction of sp³-hybridized carbons (Fsp3) is 0.643. The van der Waals surface area contributed by atoms with Gasteiger partial charge in [0.05, 0.1) is 5.02 Å². The van der Waals surface area contributed by atoms with Crippen molar-refractivity contribution in [1.82, 2.24) is 9.29 Å². The molecule has 120 valence electrons. The second-order valence-electron chi connectivity index (χ2n) is 5.14. The Morgan fingerprint density at radius 3 is 2.48 bits per heavy atom. The van der Waals surface area contributed by atoms with Crippen molar-refractivity contribution < 1.29 is 8.42 Å². The van der Waals surface area contributed by atoms with Crippen molar-refractivity contribution in [1.29, 1.82) is 0 Å². The van der Waals surface area contributed by atoms with E-state index in [0.29, 0.717) is 17.4 Å². The van der Waals surface area contributed by atoms with E-state index in [2.05, 4.69) is 10.3 Å². The maximum absolute atomic E-state index is 12.6. The van der Waals surface area contributed by atoms with E-state index < -0.39 is 10.0 Å². The molecule has 0 atom stereocenters. The number of nitrogens with one attached hydrogen (secondary N) is 1. The minimum Gasteiger partial charge on any atom is -0.369 e. The molecule has 0 unspecified atom stereocenters. The predicted molar refractivity (Wildman–Crippen MR) is 87.3 cm³/mol. The number of hydrogen-bond acceptors (Lipinski definition) is 4. The summed E-state index contributed by atoms with van der Waals surface area (Å²) in [4.78, 5) is 4.27. The lowest BCUT2D eigenvalue weighted by Gasteiger charge is -2.25. The summed E-state index contributed by atoms with van der Waals surface area (Å²) in [5.74, 6) is 0.518. The summed E-state index contributed by atoms with van der Waals surface area (Å²) in [5.41, 5.74) is 0. The van der Waals surface area contributed by atoms with Crippen LogP contribution in [0.4, 0.5) is 5.82 Å². The van der Waals surface area contributed by atoms with Gasteiger partial charge in [-0.15, -0.1) is 0 Å². The summed E-state index contributed by atoms with van der Waals surface area (Å²) in [6, 6.07) is 1.36. The number of aromatic nitrogens is 1. The minimum atomic E-state index is -3.56. The molecule has 1 heterocycles. The third-order valence-corrected chi connectivity index (χ3v) is 5.31. The van der Waals surface area contributed by atoms with Crippen LogP contribution < -0.4 is 5.32 Å². The molecule has 0 aliphatic carbocycles. The van der Waals surface area contributed by atoms with Crippen molar-refractivity contribution in [3.63, 3.8) is 0 Å². The van der Waals surface area contributed by atoms with Crippen LogP contribution in [0.2, 0.25) is 5.02 Å². The van der Waals surface area contributed by atoms with Crippen LogP contribution in [0.25, 0.3) is 0 Å². The zero-order valence-corrected chi connectivity index (χ0v) is 14.6. The molecule has 1 aromatic heterocycles. The van der Waals surface area contributed by atoms with E-state index in [-0.39, 0.29) is 10.9 Å². The number of sulfonamides is 1. The maximum Gasteiger partial charge on any atom is 0.244 e. The Bertz CT molecular complexity index is 561. The molecule has 0 bridgehead atoms. The van der Waals surface area contributed by atoms with Crippen LogP contribution in [-0.4, -0.2) is 36.8 Å². The number of nitrogens with zero attached hydrogens (tertiary/aromatic N) is 2. The molecule has 7 heteroatoms. The summed E-state index contributed by atoms with van der Waals surface area (Å²) >= 11 is 6.12.